The maximum absolute atomic E-state index is 13.2. The molecule has 0 spiro atoms. The number of carbonyl (C=O) groups is 2. The van der Waals surface area contributed by atoms with Crippen molar-refractivity contribution in [2.75, 3.05) is 6.61 Å². The van der Waals surface area contributed by atoms with Crippen molar-refractivity contribution >= 4 is 22.8 Å². The lowest BCUT2D eigenvalue weighted by atomic mass is 9.97. The average Bonchev–Trinajstić information content (AvgIpc) is 2.91. The van der Waals surface area contributed by atoms with E-state index in [2.05, 4.69) is 38.1 Å². The number of likely N-dealkylation sites (tertiary alicyclic amines) is 1. The van der Waals surface area contributed by atoms with Crippen molar-refractivity contribution in [1.82, 2.24) is 9.88 Å². The van der Waals surface area contributed by atoms with E-state index in [1.165, 1.54) is 0 Å². The first-order valence-electron chi connectivity index (χ1n) is 12.5. The normalized spacial score (nSPS) is 17.7. The van der Waals surface area contributed by atoms with E-state index in [9.17, 15) is 9.59 Å². The van der Waals surface area contributed by atoms with Crippen LogP contribution < -0.4 is 0 Å². The summed E-state index contributed by atoms with van der Waals surface area (Å²) in [6.45, 7) is 3.85. The number of aromatic nitrogens is 1. The van der Waals surface area contributed by atoms with Crippen molar-refractivity contribution in [3.63, 3.8) is 0 Å². The Kier molecular flexibility index (Phi) is 6.81. The van der Waals surface area contributed by atoms with Crippen LogP contribution in [-0.2, 0) is 9.53 Å². The molecule has 182 valence electrons. The zero-order chi connectivity index (χ0) is 25.1. The summed E-state index contributed by atoms with van der Waals surface area (Å²) in [5.41, 5.74) is 4.96. The molecular weight excluding hydrogens is 448 g/mol. The minimum atomic E-state index is -0.513. The third-order valence-corrected chi connectivity index (χ3v) is 7.03. The van der Waals surface area contributed by atoms with Crippen LogP contribution in [0.5, 0.6) is 0 Å². The molecule has 5 heteroatoms. The highest BCUT2D eigenvalue weighted by Gasteiger charge is 2.29. The summed E-state index contributed by atoms with van der Waals surface area (Å²) in [7, 11) is 0. The smallest absolute Gasteiger partial charge is 0.339 e. The van der Waals surface area contributed by atoms with Gasteiger partial charge < -0.3 is 9.64 Å². The Bertz CT molecular complexity index is 1370. The van der Waals surface area contributed by atoms with E-state index in [4.69, 9.17) is 9.72 Å². The first kappa shape index (κ1) is 23.7. The van der Waals surface area contributed by atoms with E-state index in [0.29, 0.717) is 22.2 Å². The minimum absolute atomic E-state index is 0.141. The third kappa shape index (κ3) is 4.87. The Morgan fingerprint density at radius 3 is 2.17 bits per heavy atom. The first-order chi connectivity index (χ1) is 17.5. The molecule has 0 bridgehead atoms. The fourth-order valence-electron chi connectivity index (χ4n) is 5.15. The number of fused-ring (bicyclic) bond motifs is 1. The Hall–Kier alpha value is -3.99. The van der Waals surface area contributed by atoms with Crippen LogP contribution in [0.1, 0.15) is 43.5 Å². The van der Waals surface area contributed by atoms with Gasteiger partial charge >= 0.3 is 5.97 Å². The maximum Gasteiger partial charge on any atom is 0.339 e. The van der Waals surface area contributed by atoms with Crippen LogP contribution in [0.3, 0.4) is 0 Å². The summed E-state index contributed by atoms with van der Waals surface area (Å²) >= 11 is 0. The van der Waals surface area contributed by atoms with E-state index >= 15 is 0 Å². The SMILES string of the molecule is CC1CCCC(C)N1C(=O)COC(=O)c1cc(-c2ccc(-c3ccccc3)cc2)nc2ccccc12. The number of esters is 1. The van der Waals surface area contributed by atoms with Crippen LogP contribution in [0, 0.1) is 0 Å². The molecule has 0 N–H and O–H groups in total. The van der Waals surface area contributed by atoms with E-state index in [1.54, 1.807) is 6.07 Å². The molecule has 1 aliphatic heterocycles. The number of amides is 1. The molecule has 2 heterocycles. The number of piperidine rings is 1. The Labute approximate surface area is 211 Å². The third-order valence-electron chi connectivity index (χ3n) is 7.03. The quantitative estimate of drug-likeness (QED) is 0.307. The molecule has 1 amide bonds. The van der Waals surface area contributed by atoms with Gasteiger partial charge in [-0.15, -0.1) is 0 Å². The second-order valence-corrected chi connectivity index (χ2v) is 9.52. The fourth-order valence-corrected chi connectivity index (χ4v) is 5.15. The number of nitrogens with zero attached hydrogens (tertiary/aromatic N) is 2. The van der Waals surface area contributed by atoms with Crippen molar-refractivity contribution in [2.45, 2.75) is 45.2 Å². The largest absolute Gasteiger partial charge is 0.452 e. The van der Waals surface area contributed by atoms with Gasteiger partial charge in [-0.2, -0.15) is 0 Å². The molecule has 5 nitrogen and oxygen atoms in total. The van der Waals surface area contributed by atoms with Gasteiger partial charge in [-0.25, -0.2) is 9.78 Å². The van der Waals surface area contributed by atoms with Gasteiger partial charge in [0.25, 0.3) is 5.91 Å². The minimum Gasteiger partial charge on any atom is -0.452 e. The van der Waals surface area contributed by atoms with Crippen LogP contribution >= 0.6 is 0 Å². The summed E-state index contributed by atoms with van der Waals surface area (Å²) in [6.07, 6.45) is 3.07. The van der Waals surface area contributed by atoms with Gasteiger partial charge in [-0.05, 0) is 56.4 Å². The van der Waals surface area contributed by atoms with Gasteiger partial charge in [0.15, 0.2) is 6.61 Å². The summed E-state index contributed by atoms with van der Waals surface area (Å²) < 4.78 is 5.56. The summed E-state index contributed by atoms with van der Waals surface area (Å²) in [5.74, 6) is -0.653. The summed E-state index contributed by atoms with van der Waals surface area (Å²) in [6, 6.07) is 27.9. The molecule has 3 aromatic carbocycles. The number of para-hydroxylation sites is 1. The highest BCUT2D eigenvalue weighted by Crippen LogP contribution is 2.28. The predicted molar refractivity (Wildman–Crippen MR) is 143 cm³/mol. The zero-order valence-corrected chi connectivity index (χ0v) is 20.7. The fraction of sp³-hybridized carbons (Fsp3) is 0.258. The highest BCUT2D eigenvalue weighted by atomic mass is 16.5. The molecule has 1 fully saturated rings. The van der Waals surface area contributed by atoms with Gasteiger partial charge in [0.05, 0.1) is 16.8 Å². The van der Waals surface area contributed by atoms with E-state index in [-0.39, 0.29) is 24.6 Å². The van der Waals surface area contributed by atoms with Crippen molar-refractivity contribution in [1.29, 1.82) is 0 Å². The number of ether oxygens (including phenoxy) is 1. The van der Waals surface area contributed by atoms with E-state index in [0.717, 1.165) is 36.0 Å². The molecule has 2 atom stereocenters. The van der Waals surface area contributed by atoms with Crippen LogP contribution in [0.4, 0.5) is 0 Å². The molecule has 5 rings (SSSR count). The molecule has 36 heavy (non-hydrogen) atoms. The number of hydrogen-bond acceptors (Lipinski definition) is 4. The average molecular weight is 479 g/mol. The molecule has 2 unspecified atom stereocenters. The molecule has 0 radical (unpaired) electrons. The Morgan fingerprint density at radius 2 is 1.44 bits per heavy atom. The lowest BCUT2D eigenvalue weighted by Gasteiger charge is -2.38. The zero-order valence-electron chi connectivity index (χ0n) is 20.7. The van der Waals surface area contributed by atoms with Crippen LogP contribution in [-0.4, -0.2) is 40.5 Å². The van der Waals surface area contributed by atoms with Crippen molar-refractivity contribution in [3.8, 4) is 22.4 Å². The summed E-state index contributed by atoms with van der Waals surface area (Å²) in [5, 5.41) is 0.708. The predicted octanol–water partition coefficient (Wildman–Crippen LogP) is 6.52. The standard InChI is InChI=1S/C31H30N2O3/c1-21-9-8-10-22(2)33(21)30(34)20-36-31(35)27-19-29(32-28-14-7-6-13-26(27)28)25-17-15-24(16-18-25)23-11-4-3-5-12-23/h3-7,11-19,21-22H,8-10,20H2,1-2H3. The number of carbonyl (C=O) groups excluding carboxylic acids is 2. The van der Waals surface area contributed by atoms with Crippen LogP contribution in [0.25, 0.3) is 33.3 Å². The molecule has 4 aromatic rings. The lowest BCUT2D eigenvalue weighted by molar-refractivity contribution is -0.140. The molecule has 0 aliphatic carbocycles. The first-order valence-corrected chi connectivity index (χ1v) is 12.5. The summed E-state index contributed by atoms with van der Waals surface area (Å²) in [4.78, 5) is 32.8. The lowest BCUT2D eigenvalue weighted by Crippen LogP contribution is -2.49. The topological polar surface area (TPSA) is 59.5 Å². The second-order valence-electron chi connectivity index (χ2n) is 9.52. The van der Waals surface area contributed by atoms with Gasteiger partial charge in [0.1, 0.15) is 0 Å². The Balaban J connectivity index is 1.40. The van der Waals surface area contributed by atoms with E-state index in [1.807, 2.05) is 59.5 Å². The van der Waals surface area contributed by atoms with Crippen molar-refractivity contribution < 1.29 is 14.3 Å². The number of hydrogen-bond donors (Lipinski definition) is 0. The number of benzene rings is 3. The number of pyridine rings is 1. The van der Waals surface area contributed by atoms with Gasteiger partial charge in [-0.3, -0.25) is 4.79 Å². The monoisotopic (exact) mass is 478 g/mol. The maximum atomic E-state index is 13.2. The molecule has 1 aromatic heterocycles. The number of rotatable bonds is 5. The highest BCUT2D eigenvalue weighted by molar-refractivity contribution is 6.05. The molecule has 1 saturated heterocycles. The van der Waals surface area contributed by atoms with E-state index < -0.39 is 5.97 Å². The van der Waals surface area contributed by atoms with Gasteiger partial charge in [0, 0.05) is 23.0 Å². The van der Waals surface area contributed by atoms with Gasteiger partial charge in [-0.1, -0.05) is 72.8 Å². The van der Waals surface area contributed by atoms with Crippen molar-refractivity contribution in [3.05, 3.63) is 90.5 Å². The Morgan fingerprint density at radius 1 is 0.833 bits per heavy atom. The van der Waals surface area contributed by atoms with Crippen LogP contribution in [0.15, 0.2) is 84.9 Å². The second kappa shape index (κ2) is 10.3. The van der Waals surface area contributed by atoms with Crippen LogP contribution in [0.2, 0.25) is 0 Å². The molecule has 0 saturated carbocycles. The molecular formula is C31H30N2O3. The van der Waals surface area contributed by atoms with Gasteiger partial charge in [0.2, 0.25) is 0 Å². The van der Waals surface area contributed by atoms with Crippen molar-refractivity contribution in [2.24, 2.45) is 0 Å². The molecule has 1 aliphatic rings.